The van der Waals surface area contributed by atoms with Crippen LogP contribution in [0.25, 0.3) is 5.65 Å². The van der Waals surface area contributed by atoms with Crippen LogP contribution in [0.4, 0.5) is 10.1 Å². The fourth-order valence-electron chi connectivity index (χ4n) is 4.25. The lowest BCUT2D eigenvalue weighted by atomic mass is 9.59. The maximum Gasteiger partial charge on any atom is 0.275 e. The number of nitrogens with zero attached hydrogens (tertiary/aromatic N) is 4. The number of anilines is 1. The van der Waals surface area contributed by atoms with Gasteiger partial charge in [-0.2, -0.15) is 0 Å². The van der Waals surface area contributed by atoms with Crippen molar-refractivity contribution >= 4 is 17.2 Å². The largest absolute Gasteiger partial charge is 0.319 e. The van der Waals surface area contributed by atoms with Crippen LogP contribution in [0.3, 0.4) is 0 Å². The molecule has 1 aliphatic carbocycles. The lowest BCUT2D eigenvalue weighted by molar-refractivity contribution is 0.101. The molecule has 0 radical (unpaired) electrons. The number of pyridine rings is 1. The summed E-state index contributed by atoms with van der Waals surface area (Å²) in [6.07, 6.45) is 9.75. The van der Waals surface area contributed by atoms with Crippen molar-refractivity contribution in [3.63, 3.8) is 0 Å². The van der Waals surface area contributed by atoms with Crippen LogP contribution in [-0.2, 0) is 5.41 Å². The van der Waals surface area contributed by atoms with Crippen LogP contribution >= 0.6 is 0 Å². The van der Waals surface area contributed by atoms with Gasteiger partial charge in [-0.15, -0.1) is 0 Å². The van der Waals surface area contributed by atoms with E-state index in [4.69, 9.17) is 0 Å². The van der Waals surface area contributed by atoms with Gasteiger partial charge in [-0.05, 0) is 32.7 Å². The van der Waals surface area contributed by atoms with E-state index in [1.165, 1.54) is 12.3 Å². The fourth-order valence-corrected chi connectivity index (χ4v) is 4.25. The number of carbonyl (C=O) groups excluding carboxylic acids is 1. The Morgan fingerprint density at radius 1 is 1.33 bits per heavy atom. The average molecular weight is 366 g/mol. The van der Waals surface area contributed by atoms with Crippen molar-refractivity contribution in [2.24, 2.45) is 0 Å². The maximum absolute atomic E-state index is 14.2. The molecule has 2 N–H and O–H groups in total. The zero-order valence-electron chi connectivity index (χ0n) is 14.9. The third-order valence-electron chi connectivity index (χ3n) is 5.62. The van der Waals surface area contributed by atoms with Gasteiger partial charge in [-0.1, -0.05) is 0 Å². The van der Waals surface area contributed by atoms with Gasteiger partial charge in [-0.25, -0.2) is 14.4 Å². The van der Waals surface area contributed by atoms with Crippen molar-refractivity contribution in [3.05, 3.63) is 53.8 Å². The van der Waals surface area contributed by atoms with Crippen LogP contribution in [0.5, 0.6) is 0 Å². The van der Waals surface area contributed by atoms with E-state index in [-0.39, 0.29) is 16.8 Å². The van der Waals surface area contributed by atoms with E-state index in [0.717, 1.165) is 31.5 Å². The molecule has 6 rings (SSSR count). The van der Waals surface area contributed by atoms with Crippen LogP contribution < -0.4 is 10.6 Å². The quantitative estimate of drug-likeness (QED) is 0.743. The van der Waals surface area contributed by atoms with E-state index in [2.05, 4.69) is 25.6 Å². The number of amides is 1. The second kappa shape index (κ2) is 5.82. The van der Waals surface area contributed by atoms with E-state index in [9.17, 15) is 9.18 Å². The van der Waals surface area contributed by atoms with Gasteiger partial charge in [0.05, 0.1) is 23.3 Å². The molecule has 7 nitrogen and oxygen atoms in total. The number of imidazole rings is 1. The van der Waals surface area contributed by atoms with Gasteiger partial charge in [0.1, 0.15) is 5.69 Å². The van der Waals surface area contributed by atoms with Crippen molar-refractivity contribution in [2.75, 3.05) is 11.9 Å². The minimum absolute atomic E-state index is 0.116. The van der Waals surface area contributed by atoms with E-state index < -0.39 is 11.7 Å². The van der Waals surface area contributed by atoms with Crippen LogP contribution in [0, 0.1) is 12.7 Å². The van der Waals surface area contributed by atoms with E-state index in [1.807, 2.05) is 0 Å². The Hall–Kier alpha value is -2.87. The molecule has 0 aromatic carbocycles. The molecule has 5 heterocycles. The molecule has 8 heteroatoms. The zero-order chi connectivity index (χ0) is 18.6. The van der Waals surface area contributed by atoms with Gasteiger partial charge in [0.2, 0.25) is 0 Å². The SMILES string of the molecule is Cc1cn2cc(NC(=O)c3cnc(C45CCNC(C4)C5)cn3)cc(F)c2n1. The Kier molecular flexibility index (Phi) is 3.51. The summed E-state index contributed by atoms with van der Waals surface area (Å²) in [5.74, 6) is -0.911. The molecule has 2 saturated heterocycles. The lowest BCUT2D eigenvalue weighted by Crippen LogP contribution is -2.58. The number of hydrogen-bond donors (Lipinski definition) is 2. The number of aromatic nitrogens is 4. The summed E-state index contributed by atoms with van der Waals surface area (Å²) in [7, 11) is 0. The Morgan fingerprint density at radius 3 is 2.89 bits per heavy atom. The first kappa shape index (κ1) is 16.3. The van der Waals surface area contributed by atoms with Crippen molar-refractivity contribution < 1.29 is 9.18 Å². The van der Waals surface area contributed by atoms with Gasteiger partial charge < -0.3 is 15.0 Å². The highest BCUT2D eigenvalue weighted by Gasteiger charge is 2.49. The molecule has 138 valence electrons. The zero-order valence-corrected chi connectivity index (χ0v) is 14.9. The molecular weight excluding hydrogens is 347 g/mol. The molecule has 1 amide bonds. The highest BCUT2D eigenvalue weighted by atomic mass is 19.1. The molecule has 0 atom stereocenters. The van der Waals surface area contributed by atoms with Gasteiger partial charge in [0, 0.05) is 36.1 Å². The summed E-state index contributed by atoms with van der Waals surface area (Å²) in [5.41, 5.74) is 2.56. The smallest absolute Gasteiger partial charge is 0.275 e. The summed E-state index contributed by atoms with van der Waals surface area (Å²) in [6.45, 7) is 2.78. The summed E-state index contributed by atoms with van der Waals surface area (Å²) >= 11 is 0. The third-order valence-corrected chi connectivity index (χ3v) is 5.62. The highest BCUT2D eigenvalue weighted by Crippen LogP contribution is 2.48. The molecule has 0 spiro atoms. The standard InChI is InChI=1S/C19H19FN6O/c1-11-9-26-10-12(4-14(20)17(26)24-11)25-18(27)15-7-23-16(8-22-15)19-2-3-21-13(5-19)6-19/h4,7-10,13,21H,2-3,5-6H2,1H3,(H,25,27). The number of nitrogens with one attached hydrogen (secondary N) is 2. The monoisotopic (exact) mass is 366 g/mol. The Morgan fingerprint density at radius 2 is 2.19 bits per heavy atom. The van der Waals surface area contributed by atoms with Gasteiger partial charge in [0.25, 0.3) is 5.91 Å². The molecule has 27 heavy (non-hydrogen) atoms. The first-order chi connectivity index (χ1) is 13.0. The highest BCUT2D eigenvalue weighted by molar-refractivity contribution is 6.02. The van der Waals surface area contributed by atoms with E-state index >= 15 is 0 Å². The first-order valence-corrected chi connectivity index (χ1v) is 9.05. The molecule has 3 aromatic rings. The Balaban J connectivity index is 1.35. The number of piperidine rings is 2. The minimum atomic E-state index is -0.494. The first-order valence-electron chi connectivity index (χ1n) is 9.05. The molecular formula is C19H19FN6O. The topological polar surface area (TPSA) is 84.2 Å². The fraction of sp³-hybridized carbons (Fsp3) is 0.368. The van der Waals surface area contributed by atoms with Crippen molar-refractivity contribution in [1.29, 1.82) is 0 Å². The minimum Gasteiger partial charge on any atom is -0.319 e. The molecule has 2 aliphatic heterocycles. The second-order valence-electron chi connectivity index (χ2n) is 7.52. The van der Waals surface area contributed by atoms with E-state index in [1.54, 1.807) is 29.9 Å². The second-order valence-corrected chi connectivity index (χ2v) is 7.52. The predicted molar refractivity (Wildman–Crippen MR) is 97.2 cm³/mol. The average Bonchev–Trinajstić information content (AvgIpc) is 3.02. The normalized spacial score (nSPS) is 23.9. The molecule has 2 bridgehead atoms. The molecule has 0 unspecified atom stereocenters. The number of hydrogen-bond acceptors (Lipinski definition) is 5. The summed E-state index contributed by atoms with van der Waals surface area (Å²) in [4.78, 5) is 25.4. The molecule has 1 saturated carbocycles. The number of halogens is 1. The lowest BCUT2D eigenvalue weighted by Gasteiger charge is -2.52. The molecule has 3 fully saturated rings. The number of aryl methyl sites for hydroxylation is 1. The summed E-state index contributed by atoms with van der Waals surface area (Å²) in [6, 6.07) is 1.84. The van der Waals surface area contributed by atoms with Gasteiger partial charge >= 0.3 is 0 Å². The number of fused-ring (bicyclic) bond motifs is 3. The van der Waals surface area contributed by atoms with Gasteiger partial charge in [-0.3, -0.25) is 9.78 Å². The van der Waals surface area contributed by atoms with Crippen molar-refractivity contribution in [3.8, 4) is 0 Å². The summed E-state index contributed by atoms with van der Waals surface area (Å²) in [5, 5.41) is 6.15. The summed E-state index contributed by atoms with van der Waals surface area (Å²) < 4.78 is 15.7. The number of rotatable bonds is 3. The molecule has 3 aliphatic rings. The Labute approximate surface area is 155 Å². The predicted octanol–water partition coefficient (Wildman–Crippen LogP) is 2.22. The third kappa shape index (κ3) is 2.68. The Bertz CT molecular complexity index is 1030. The van der Waals surface area contributed by atoms with Crippen molar-refractivity contribution in [1.82, 2.24) is 24.7 Å². The van der Waals surface area contributed by atoms with Crippen LogP contribution in [-0.4, -0.2) is 37.8 Å². The van der Waals surface area contributed by atoms with Crippen LogP contribution in [0.1, 0.15) is 41.1 Å². The maximum atomic E-state index is 14.2. The van der Waals surface area contributed by atoms with E-state index in [0.29, 0.717) is 17.4 Å². The van der Waals surface area contributed by atoms with Crippen LogP contribution in [0.15, 0.2) is 30.9 Å². The number of carbonyl (C=O) groups is 1. The van der Waals surface area contributed by atoms with Crippen molar-refractivity contribution in [2.45, 2.75) is 37.6 Å². The van der Waals surface area contributed by atoms with Crippen LogP contribution in [0.2, 0.25) is 0 Å². The molecule has 3 aromatic heterocycles. The van der Waals surface area contributed by atoms with Gasteiger partial charge in [0.15, 0.2) is 11.5 Å².